The first-order valence-electron chi connectivity index (χ1n) is 6.96. The Balaban J connectivity index is 1.69. The van der Waals surface area contributed by atoms with Gasteiger partial charge in [-0.3, -0.25) is 4.79 Å². The van der Waals surface area contributed by atoms with Crippen LogP contribution in [-0.2, 0) is 4.79 Å². The number of ether oxygens (including phenoxy) is 2. The number of carbonyl (C=O) groups is 1. The lowest BCUT2D eigenvalue weighted by Crippen LogP contribution is -2.26. The number of carbonyl (C=O) groups excluding carboxylic acids is 1. The van der Waals surface area contributed by atoms with E-state index in [1.54, 1.807) is 19.3 Å². The maximum absolute atomic E-state index is 11.6. The number of methoxy groups -OCH3 is 1. The summed E-state index contributed by atoms with van der Waals surface area (Å²) in [6.07, 6.45) is 3.06. The Morgan fingerprint density at radius 2 is 2.09 bits per heavy atom. The molecular formula is C17H19NO4. The topological polar surface area (TPSA) is 60.7 Å². The minimum absolute atomic E-state index is 0.191. The number of amides is 1. The molecule has 0 saturated carbocycles. The first-order chi connectivity index (χ1) is 10.7. The lowest BCUT2D eigenvalue weighted by Gasteiger charge is -2.07. The molecule has 0 saturated heterocycles. The van der Waals surface area contributed by atoms with Crippen molar-refractivity contribution in [1.82, 2.24) is 5.32 Å². The van der Waals surface area contributed by atoms with E-state index in [0.717, 1.165) is 11.5 Å². The van der Waals surface area contributed by atoms with Gasteiger partial charge in [0.1, 0.15) is 29.6 Å². The average molecular weight is 301 g/mol. The highest BCUT2D eigenvalue weighted by Crippen LogP contribution is 2.18. The fourth-order valence-electron chi connectivity index (χ4n) is 1.79. The van der Waals surface area contributed by atoms with Crippen LogP contribution in [0.1, 0.15) is 11.5 Å². The maximum Gasteiger partial charge on any atom is 0.244 e. The van der Waals surface area contributed by atoms with Gasteiger partial charge >= 0.3 is 0 Å². The molecule has 1 N–H and O–H groups in total. The SMILES string of the molecule is COc1cccc(OCCNC(=O)/C=C/c2ccc(C)o2)c1. The van der Waals surface area contributed by atoms with Crippen molar-refractivity contribution < 1.29 is 18.7 Å². The number of furan rings is 1. The quantitative estimate of drug-likeness (QED) is 0.631. The Labute approximate surface area is 129 Å². The van der Waals surface area contributed by atoms with E-state index in [1.165, 1.54) is 6.08 Å². The summed E-state index contributed by atoms with van der Waals surface area (Å²) in [4.78, 5) is 11.6. The fourth-order valence-corrected chi connectivity index (χ4v) is 1.79. The van der Waals surface area contributed by atoms with Crippen molar-refractivity contribution in [3.63, 3.8) is 0 Å². The zero-order chi connectivity index (χ0) is 15.8. The van der Waals surface area contributed by atoms with E-state index in [1.807, 2.05) is 37.3 Å². The first kappa shape index (κ1) is 15.7. The molecule has 1 amide bonds. The standard InChI is InChI=1S/C17H19NO4/c1-13-6-7-14(22-13)8-9-17(19)18-10-11-21-16-5-3-4-15(12-16)20-2/h3-9,12H,10-11H2,1-2H3,(H,18,19)/b9-8+. The zero-order valence-electron chi connectivity index (χ0n) is 12.7. The van der Waals surface area contributed by atoms with Crippen molar-refractivity contribution in [2.24, 2.45) is 0 Å². The average Bonchev–Trinajstić information content (AvgIpc) is 2.95. The van der Waals surface area contributed by atoms with Gasteiger partial charge in [-0.05, 0) is 37.3 Å². The Morgan fingerprint density at radius 1 is 1.27 bits per heavy atom. The van der Waals surface area contributed by atoms with Gasteiger partial charge in [-0.2, -0.15) is 0 Å². The number of hydrogen-bond acceptors (Lipinski definition) is 4. The summed E-state index contributed by atoms with van der Waals surface area (Å²) >= 11 is 0. The zero-order valence-corrected chi connectivity index (χ0v) is 12.7. The third-order valence-corrected chi connectivity index (χ3v) is 2.87. The molecule has 2 aromatic rings. The lowest BCUT2D eigenvalue weighted by molar-refractivity contribution is -0.116. The van der Waals surface area contributed by atoms with Gasteiger partial charge in [0.25, 0.3) is 0 Å². The molecule has 0 aliphatic heterocycles. The van der Waals surface area contributed by atoms with Crippen LogP contribution in [0.2, 0.25) is 0 Å². The molecule has 0 unspecified atom stereocenters. The van der Waals surface area contributed by atoms with Gasteiger partial charge in [0.2, 0.25) is 5.91 Å². The van der Waals surface area contributed by atoms with Gasteiger partial charge in [0.05, 0.1) is 13.7 Å². The molecule has 0 aliphatic carbocycles. The third-order valence-electron chi connectivity index (χ3n) is 2.87. The monoisotopic (exact) mass is 301 g/mol. The molecule has 5 heteroatoms. The molecule has 116 valence electrons. The van der Waals surface area contributed by atoms with Crippen molar-refractivity contribution in [3.8, 4) is 11.5 Å². The second kappa shape index (κ2) is 7.93. The molecule has 22 heavy (non-hydrogen) atoms. The van der Waals surface area contributed by atoms with Gasteiger partial charge in [-0.15, -0.1) is 0 Å². The number of benzene rings is 1. The van der Waals surface area contributed by atoms with Crippen molar-refractivity contribution in [1.29, 1.82) is 0 Å². The van der Waals surface area contributed by atoms with E-state index in [-0.39, 0.29) is 5.91 Å². The second-order valence-corrected chi connectivity index (χ2v) is 4.60. The summed E-state index contributed by atoms with van der Waals surface area (Å²) in [5.74, 6) is 2.71. The van der Waals surface area contributed by atoms with Crippen molar-refractivity contribution in [3.05, 3.63) is 54.0 Å². The van der Waals surface area contributed by atoms with Crippen LogP contribution in [0.3, 0.4) is 0 Å². The normalized spacial score (nSPS) is 10.6. The predicted molar refractivity (Wildman–Crippen MR) is 84.0 cm³/mol. The third kappa shape index (κ3) is 5.01. The molecule has 0 spiro atoms. The molecule has 0 aliphatic rings. The van der Waals surface area contributed by atoms with Gasteiger partial charge in [0, 0.05) is 12.1 Å². The molecular weight excluding hydrogens is 282 g/mol. The molecule has 5 nitrogen and oxygen atoms in total. The van der Waals surface area contributed by atoms with Crippen LogP contribution in [0, 0.1) is 6.92 Å². The van der Waals surface area contributed by atoms with Gasteiger partial charge in [-0.1, -0.05) is 6.07 Å². The fraction of sp³-hybridized carbons (Fsp3) is 0.235. The van der Waals surface area contributed by atoms with Crippen molar-refractivity contribution in [2.45, 2.75) is 6.92 Å². The van der Waals surface area contributed by atoms with E-state index in [9.17, 15) is 4.79 Å². The van der Waals surface area contributed by atoms with Crippen LogP contribution in [-0.4, -0.2) is 26.2 Å². The van der Waals surface area contributed by atoms with E-state index in [4.69, 9.17) is 13.9 Å². The molecule has 1 aromatic carbocycles. The minimum Gasteiger partial charge on any atom is -0.497 e. The Kier molecular flexibility index (Phi) is 5.65. The largest absolute Gasteiger partial charge is 0.497 e. The highest BCUT2D eigenvalue weighted by atomic mass is 16.5. The number of rotatable bonds is 7. The summed E-state index contributed by atoms with van der Waals surface area (Å²) in [5.41, 5.74) is 0. The molecule has 0 bridgehead atoms. The Hall–Kier alpha value is -2.69. The Bertz CT molecular complexity index is 646. The van der Waals surface area contributed by atoms with Crippen molar-refractivity contribution in [2.75, 3.05) is 20.3 Å². The van der Waals surface area contributed by atoms with Crippen LogP contribution in [0.5, 0.6) is 11.5 Å². The Morgan fingerprint density at radius 3 is 2.82 bits per heavy atom. The number of aryl methyl sites for hydroxylation is 1. The van der Waals surface area contributed by atoms with Crippen LogP contribution in [0.25, 0.3) is 6.08 Å². The molecule has 1 heterocycles. The van der Waals surface area contributed by atoms with Crippen LogP contribution >= 0.6 is 0 Å². The summed E-state index contributed by atoms with van der Waals surface area (Å²) in [5, 5.41) is 2.73. The predicted octanol–water partition coefficient (Wildman–Crippen LogP) is 2.81. The number of nitrogens with one attached hydrogen (secondary N) is 1. The van der Waals surface area contributed by atoms with Crippen LogP contribution < -0.4 is 14.8 Å². The molecule has 1 aromatic heterocycles. The second-order valence-electron chi connectivity index (χ2n) is 4.60. The lowest BCUT2D eigenvalue weighted by atomic mass is 10.3. The highest BCUT2D eigenvalue weighted by Gasteiger charge is 1.99. The van der Waals surface area contributed by atoms with E-state index < -0.39 is 0 Å². The summed E-state index contributed by atoms with van der Waals surface area (Å²) in [6, 6.07) is 11.0. The van der Waals surface area contributed by atoms with Crippen LogP contribution in [0.4, 0.5) is 0 Å². The summed E-state index contributed by atoms with van der Waals surface area (Å²) in [7, 11) is 1.60. The smallest absolute Gasteiger partial charge is 0.244 e. The number of hydrogen-bond donors (Lipinski definition) is 1. The van der Waals surface area contributed by atoms with Crippen LogP contribution in [0.15, 0.2) is 46.9 Å². The maximum atomic E-state index is 11.6. The highest BCUT2D eigenvalue weighted by molar-refractivity contribution is 5.91. The van der Waals surface area contributed by atoms with Crippen molar-refractivity contribution >= 4 is 12.0 Å². The van der Waals surface area contributed by atoms with Gasteiger partial charge in [0.15, 0.2) is 0 Å². The molecule has 2 rings (SSSR count). The molecule has 0 radical (unpaired) electrons. The summed E-state index contributed by atoms with van der Waals surface area (Å²) < 4.78 is 16.0. The minimum atomic E-state index is -0.191. The first-order valence-corrected chi connectivity index (χ1v) is 6.96. The van der Waals surface area contributed by atoms with E-state index in [2.05, 4.69) is 5.32 Å². The van der Waals surface area contributed by atoms with E-state index in [0.29, 0.717) is 24.7 Å². The van der Waals surface area contributed by atoms with Gasteiger partial charge in [-0.25, -0.2) is 0 Å². The summed E-state index contributed by atoms with van der Waals surface area (Å²) in [6.45, 7) is 2.65. The van der Waals surface area contributed by atoms with Gasteiger partial charge < -0.3 is 19.2 Å². The molecule has 0 fully saturated rings. The molecule has 0 atom stereocenters. The van der Waals surface area contributed by atoms with E-state index >= 15 is 0 Å².